The van der Waals surface area contributed by atoms with E-state index in [2.05, 4.69) is 18.9 Å². The molecule has 124 valence electrons. The van der Waals surface area contributed by atoms with Gasteiger partial charge in [0.1, 0.15) is 11.6 Å². The fourth-order valence-corrected chi connectivity index (χ4v) is 4.58. The van der Waals surface area contributed by atoms with E-state index in [9.17, 15) is 8.78 Å². The zero-order valence-corrected chi connectivity index (χ0v) is 14.4. The first kappa shape index (κ1) is 16.5. The van der Waals surface area contributed by atoms with E-state index in [1.54, 1.807) is 11.3 Å². The molecular weight excluding hydrogens is 314 g/mol. The third kappa shape index (κ3) is 3.96. The molecule has 1 aliphatic rings. The number of hydrogen-bond acceptors (Lipinski definition) is 3. The van der Waals surface area contributed by atoms with Gasteiger partial charge in [-0.2, -0.15) is 0 Å². The van der Waals surface area contributed by atoms with Crippen LogP contribution in [-0.2, 0) is 12.8 Å². The Hall–Kier alpha value is -1.33. The molecule has 0 atom stereocenters. The number of rotatable bonds is 4. The second-order valence-corrected chi connectivity index (χ2v) is 7.42. The number of nitrogens with zero attached hydrogens (tertiary/aromatic N) is 2. The first-order valence-electron chi connectivity index (χ1n) is 8.17. The largest absolute Gasteiger partial charge is 0.306 e. The Balaban J connectivity index is 1.81. The lowest BCUT2D eigenvalue weighted by molar-refractivity contribution is 0.256. The minimum atomic E-state index is -0.525. The molecule has 1 saturated heterocycles. The molecule has 0 aliphatic carbocycles. The van der Waals surface area contributed by atoms with Gasteiger partial charge in [-0.15, -0.1) is 11.3 Å². The molecule has 23 heavy (non-hydrogen) atoms. The molecule has 0 saturated carbocycles. The highest BCUT2D eigenvalue weighted by Gasteiger charge is 2.23. The summed E-state index contributed by atoms with van der Waals surface area (Å²) in [5, 5.41) is 0.959. The first-order chi connectivity index (χ1) is 11.0. The van der Waals surface area contributed by atoms with Crippen molar-refractivity contribution in [1.82, 2.24) is 9.88 Å². The summed E-state index contributed by atoms with van der Waals surface area (Å²) in [6, 6.07) is 3.70. The Morgan fingerprint density at radius 2 is 1.83 bits per heavy atom. The van der Waals surface area contributed by atoms with Crippen LogP contribution in [0.1, 0.15) is 46.8 Å². The lowest BCUT2D eigenvalue weighted by Gasteiger charge is -2.28. The zero-order valence-electron chi connectivity index (χ0n) is 13.6. The molecule has 1 aromatic heterocycles. The molecule has 1 aromatic carbocycles. The van der Waals surface area contributed by atoms with Gasteiger partial charge in [0.05, 0.1) is 10.7 Å². The van der Waals surface area contributed by atoms with Crippen LogP contribution in [0.15, 0.2) is 18.2 Å². The van der Waals surface area contributed by atoms with Gasteiger partial charge in [-0.1, -0.05) is 6.92 Å². The lowest BCUT2D eigenvalue weighted by atomic mass is 9.94. The van der Waals surface area contributed by atoms with Gasteiger partial charge in [0.25, 0.3) is 0 Å². The minimum absolute atomic E-state index is 0.499. The standard InChI is InChI=1S/C18H22F2N2S/c1-3-16-18(13-4-6-22(2)7-5-13)23-17(21-16)10-12-8-14(19)11-15(20)9-12/h8-9,11,13H,3-7,10H2,1-2H3. The number of piperidine rings is 1. The van der Waals surface area contributed by atoms with Crippen LogP contribution in [0.2, 0.25) is 0 Å². The molecular formula is C18H22F2N2S. The summed E-state index contributed by atoms with van der Waals surface area (Å²) in [4.78, 5) is 8.48. The molecule has 0 N–H and O–H groups in total. The van der Waals surface area contributed by atoms with Crippen LogP contribution in [0, 0.1) is 11.6 Å². The quantitative estimate of drug-likeness (QED) is 0.823. The normalized spacial score (nSPS) is 16.9. The Labute approximate surface area is 140 Å². The average Bonchev–Trinajstić information content (AvgIpc) is 2.90. The second-order valence-electron chi connectivity index (χ2n) is 6.30. The molecule has 0 unspecified atom stereocenters. The summed E-state index contributed by atoms with van der Waals surface area (Å²) < 4.78 is 26.7. The number of benzene rings is 1. The number of thiazole rings is 1. The van der Waals surface area contributed by atoms with Crippen LogP contribution >= 0.6 is 11.3 Å². The summed E-state index contributed by atoms with van der Waals surface area (Å²) >= 11 is 1.72. The third-order valence-electron chi connectivity index (χ3n) is 4.47. The average molecular weight is 336 g/mol. The Morgan fingerprint density at radius 1 is 1.17 bits per heavy atom. The molecule has 2 nitrogen and oxygen atoms in total. The first-order valence-corrected chi connectivity index (χ1v) is 8.98. The summed E-state index contributed by atoms with van der Waals surface area (Å²) in [5.41, 5.74) is 1.81. The topological polar surface area (TPSA) is 16.1 Å². The number of aryl methyl sites for hydroxylation is 1. The molecule has 1 aliphatic heterocycles. The smallest absolute Gasteiger partial charge is 0.126 e. The molecule has 2 aromatic rings. The predicted molar refractivity (Wildman–Crippen MR) is 90.1 cm³/mol. The van der Waals surface area contributed by atoms with Crippen LogP contribution < -0.4 is 0 Å². The molecule has 0 radical (unpaired) electrons. The van der Waals surface area contributed by atoms with E-state index in [1.165, 1.54) is 29.9 Å². The van der Waals surface area contributed by atoms with Crippen molar-refractivity contribution >= 4 is 11.3 Å². The van der Waals surface area contributed by atoms with E-state index in [0.29, 0.717) is 17.9 Å². The SMILES string of the molecule is CCc1nc(Cc2cc(F)cc(F)c2)sc1C1CCN(C)CC1. The van der Waals surface area contributed by atoms with Crippen molar-refractivity contribution < 1.29 is 8.78 Å². The van der Waals surface area contributed by atoms with Gasteiger partial charge < -0.3 is 4.90 Å². The highest BCUT2D eigenvalue weighted by Crippen LogP contribution is 2.35. The Morgan fingerprint density at radius 3 is 2.43 bits per heavy atom. The number of likely N-dealkylation sites (tertiary alicyclic amines) is 1. The zero-order chi connectivity index (χ0) is 16.4. The number of halogens is 2. The van der Waals surface area contributed by atoms with Crippen LogP contribution in [0.3, 0.4) is 0 Å². The lowest BCUT2D eigenvalue weighted by Crippen LogP contribution is -2.29. The van der Waals surface area contributed by atoms with Crippen LogP contribution in [-0.4, -0.2) is 30.0 Å². The monoisotopic (exact) mass is 336 g/mol. The molecule has 0 bridgehead atoms. The van der Waals surface area contributed by atoms with Crippen molar-refractivity contribution in [3.05, 3.63) is 51.0 Å². The van der Waals surface area contributed by atoms with Crippen molar-refractivity contribution in [2.45, 2.75) is 38.5 Å². The molecule has 3 rings (SSSR count). The summed E-state index contributed by atoms with van der Waals surface area (Å²) in [6.45, 7) is 4.37. The number of hydrogen-bond donors (Lipinski definition) is 0. The highest BCUT2D eigenvalue weighted by molar-refractivity contribution is 7.11. The van der Waals surface area contributed by atoms with Crippen molar-refractivity contribution in [2.24, 2.45) is 0 Å². The van der Waals surface area contributed by atoms with E-state index < -0.39 is 11.6 Å². The van der Waals surface area contributed by atoms with E-state index in [-0.39, 0.29) is 0 Å². The van der Waals surface area contributed by atoms with Crippen molar-refractivity contribution in [3.8, 4) is 0 Å². The van der Waals surface area contributed by atoms with Crippen molar-refractivity contribution in [1.29, 1.82) is 0 Å². The van der Waals surface area contributed by atoms with Gasteiger partial charge in [0.2, 0.25) is 0 Å². The van der Waals surface area contributed by atoms with Crippen LogP contribution in [0.4, 0.5) is 8.78 Å². The maximum Gasteiger partial charge on any atom is 0.126 e. The van der Waals surface area contributed by atoms with Crippen LogP contribution in [0.5, 0.6) is 0 Å². The maximum atomic E-state index is 13.3. The summed E-state index contributed by atoms with van der Waals surface area (Å²) in [7, 11) is 2.16. The highest BCUT2D eigenvalue weighted by atomic mass is 32.1. The fourth-order valence-electron chi connectivity index (χ4n) is 3.22. The summed E-state index contributed by atoms with van der Waals surface area (Å²) in [5.74, 6) is -0.470. The van der Waals surface area contributed by atoms with Crippen molar-refractivity contribution in [2.75, 3.05) is 20.1 Å². The Kier molecular flexibility index (Phi) is 5.07. The van der Waals surface area contributed by atoms with Gasteiger partial charge >= 0.3 is 0 Å². The molecule has 0 spiro atoms. The fraction of sp³-hybridized carbons (Fsp3) is 0.500. The van der Waals surface area contributed by atoms with Gasteiger partial charge in [0.15, 0.2) is 0 Å². The van der Waals surface area contributed by atoms with E-state index in [4.69, 9.17) is 4.98 Å². The van der Waals surface area contributed by atoms with Gasteiger partial charge in [-0.3, -0.25) is 0 Å². The van der Waals surface area contributed by atoms with Gasteiger partial charge in [0, 0.05) is 17.4 Å². The Bertz CT molecular complexity index is 655. The maximum absolute atomic E-state index is 13.3. The number of aromatic nitrogens is 1. The molecule has 1 fully saturated rings. The summed E-state index contributed by atoms with van der Waals surface area (Å²) in [6.07, 6.45) is 3.74. The van der Waals surface area contributed by atoms with Gasteiger partial charge in [-0.05, 0) is 63.0 Å². The van der Waals surface area contributed by atoms with E-state index >= 15 is 0 Å². The van der Waals surface area contributed by atoms with Gasteiger partial charge in [-0.25, -0.2) is 13.8 Å². The van der Waals surface area contributed by atoms with E-state index in [0.717, 1.165) is 36.3 Å². The predicted octanol–water partition coefficient (Wildman–Crippen LogP) is 4.38. The minimum Gasteiger partial charge on any atom is -0.306 e. The molecule has 5 heteroatoms. The molecule has 0 amide bonds. The van der Waals surface area contributed by atoms with E-state index in [1.807, 2.05) is 0 Å². The molecule has 2 heterocycles. The van der Waals surface area contributed by atoms with Crippen LogP contribution in [0.25, 0.3) is 0 Å². The third-order valence-corrected chi connectivity index (χ3v) is 5.73. The van der Waals surface area contributed by atoms with Crippen molar-refractivity contribution in [3.63, 3.8) is 0 Å². The second kappa shape index (κ2) is 7.05.